The lowest BCUT2D eigenvalue weighted by Crippen LogP contribution is -2.28. The highest BCUT2D eigenvalue weighted by Gasteiger charge is 2.31. The van der Waals surface area contributed by atoms with Gasteiger partial charge in [-0.3, -0.25) is 14.9 Å². The molecule has 3 aromatic rings. The number of aromatic nitrogens is 2. The second-order valence-electron chi connectivity index (χ2n) is 7.06. The van der Waals surface area contributed by atoms with Crippen molar-refractivity contribution < 1.29 is 18.4 Å². The van der Waals surface area contributed by atoms with Crippen LogP contribution in [0.3, 0.4) is 0 Å². The zero-order valence-electron chi connectivity index (χ0n) is 16.3. The van der Waals surface area contributed by atoms with E-state index < -0.39 is 12.3 Å². The van der Waals surface area contributed by atoms with Gasteiger partial charge in [0.2, 0.25) is 11.9 Å². The molecule has 1 fully saturated rings. The molecule has 0 aliphatic carbocycles. The fraction of sp³-hybridized carbons (Fsp3) is 0.286. The lowest BCUT2D eigenvalue weighted by atomic mass is 10.0. The number of nitrogens with one attached hydrogen (secondary N) is 1. The number of fused-ring (bicyclic) bond motifs is 1. The SMILES string of the molecule is C=CC(=O)N1CCCC1c1cccc2c1nc(NC(=O)c1ccc(C(F)F)s1)n2C. The average molecular weight is 430 g/mol. The summed E-state index contributed by atoms with van der Waals surface area (Å²) in [5.74, 6) is -0.295. The molecule has 0 saturated carbocycles. The van der Waals surface area contributed by atoms with E-state index in [1.54, 1.807) is 16.5 Å². The number of para-hydroxylation sites is 1. The molecule has 4 rings (SSSR count). The van der Waals surface area contributed by atoms with Gasteiger partial charge in [-0.2, -0.15) is 0 Å². The normalized spacial score (nSPS) is 16.4. The number of rotatable bonds is 5. The molecular weight excluding hydrogens is 410 g/mol. The molecule has 9 heteroatoms. The molecule has 6 nitrogen and oxygen atoms in total. The summed E-state index contributed by atoms with van der Waals surface area (Å²) < 4.78 is 27.4. The number of benzene rings is 1. The Balaban J connectivity index is 1.67. The maximum absolute atomic E-state index is 12.8. The molecule has 1 aromatic carbocycles. The molecule has 0 spiro atoms. The third kappa shape index (κ3) is 3.49. The van der Waals surface area contributed by atoms with E-state index in [9.17, 15) is 18.4 Å². The second-order valence-corrected chi connectivity index (χ2v) is 8.18. The minimum absolute atomic E-state index is 0.108. The van der Waals surface area contributed by atoms with Crippen LogP contribution in [0.4, 0.5) is 14.7 Å². The smallest absolute Gasteiger partial charge is 0.272 e. The van der Waals surface area contributed by atoms with E-state index in [1.165, 1.54) is 18.2 Å². The Morgan fingerprint density at radius 2 is 2.13 bits per heavy atom. The Morgan fingerprint density at radius 1 is 1.33 bits per heavy atom. The Hall–Kier alpha value is -3.07. The number of alkyl halides is 2. The van der Waals surface area contributed by atoms with Gasteiger partial charge in [0.05, 0.1) is 26.8 Å². The minimum Gasteiger partial charge on any atom is -0.332 e. The molecular formula is C21H20F2N4O2S. The highest BCUT2D eigenvalue weighted by atomic mass is 32.1. The van der Waals surface area contributed by atoms with Crippen molar-refractivity contribution in [1.29, 1.82) is 0 Å². The van der Waals surface area contributed by atoms with Crippen LogP contribution in [0, 0.1) is 0 Å². The average Bonchev–Trinajstić information content (AvgIpc) is 3.47. The Morgan fingerprint density at radius 3 is 2.83 bits per heavy atom. The summed E-state index contributed by atoms with van der Waals surface area (Å²) in [6.07, 6.45) is 0.421. The van der Waals surface area contributed by atoms with E-state index in [1.807, 2.05) is 18.2 Å². The molecule has 1 unspecified atom stereocenters. The van der Waals surface area contributed by atoms with Gasteiger partial charge in [0.1, 0.15) is 0 Å². The first-order valence-corrected chi connectivity index (χ1v) is 10.3. The van der Waals surface area contributed by atoms with Crippen LogP contribution >= 0.6 is 11.3 Å². The van der Waals surface area contributed by atoms with Crippen molar-refractivity contribution in [2.75, 3.05) is 11.9 Å². The molecule has 3 heterocycles. The minimum atomic E-state index is -2.61. The fourth-order valence-electron chi connectivity index (χ4n) is 3.84. The van der Waals surface area contributed by atoms with Gasteiger partial charge >= 0.3 is 0 Å². The molecule has 30 heavy (non-hydrogen) atoms. The largest absolute Gasteiger partial charge is 0.332 e. The van der Waals surface area contributed by atoms with Crippen LogP contribution in [0.5, 0.6) is 0 Å². The van der Waals surface area contributed by atoms with Crippen molar-refractivity contribution in [3.05, 3.63) is 58.3 Å². The molecule has 0 bridgehead atoms. The van der Waals surface area contributed by atoms with Gasteiger partial charge in [0.15, 0.2) is 0 Å². The lowest BCUT2D eigenvalue weighted by Gasteiger charge is -2.24. The monoisotopic (exact) mass is 430 g/mol. The standard InChI is InChI=1S/C21H20F2N4O2S/c1-3-17(28)27-11-5-8-13(27)12-6-4-7-14-18(12)24-21(26(14)2)25-20(29)16-10-9-15(30-16)19(22)23/h3-4,6-7,9-10,13,19H,1,5,8,11H2,2H3,(H,24,25,29). The van der Waals surface area contributed by atoms with Crippen molar-refractivity contribution in [2.45, 2.75) is 25.3 Å². The summed E-state index contributed by atoms with van der Waals surface area (Å²) in [7, 11) is 1.77. The van der Waals surface area contributed by atoms with Crippen LogP contribution in [0.15, 0.2) is 43.0 Å². The van der Waals surface area contributed by atoms with Gasteiger partial charge in [0, 0.05) is 19.2 Å². The van der Waals surface area contributed by atoms with E-state index in [2.05, 4.69) is 16.9 Å². The van der Waals surface area contributed by atoms with Gasteiger partial charge < -0.3 is 9.47 Å². The summed E-state index contributed by atoms with van der Waals surface area (Å²) in [5, 5.41) is 2.71. The number of likely N-dealkylation sites (tertiary alicyclic amines) is 1. The fourth-order valence-corrected chi connectivity index (χ4v) is 4.60. The maximum atomic E-state index is 12.8. The number of nitrogens with zero attached hydrogens (tertiary/aromatic N) is 3. The van der Waals surface area contributed by atoms with E-state index in [0.29, 0.717) is 18.0 Å². The summed E-state index contributed by atoms with van der Waals surface area (Å²) >= 11 is 0.758. The second kappa shape index (κ2) is 7.98. The highest BCUT2D eigenvalue weighted by molar-refractivity contribution is 7.14. The number of carbonyl (C=O) groups excluding carboxylic acids is 2. The van der Waals surface area contributed by atoms with Crippen molar-refractivity contribution in [2.24, 2.45) is 7.05 Å². The summed E-state index contributed by atoms with van der Waals surface area (Å²) in [5.41, 5.74) is 2.41. The molecule has 1 saturated heterocycles. The Bertz CT molecular complexity index is 1140. The van der Waals surface area contributed by atoms with Crippen LogP contribution in [0.1, 0.15) is 45.4 Å². The van der Waals surface area contributed by atoms with E-state index in [0.717, 1.165) is 35.3 Å². The molecule has 2 amide bonds. The third-order valence-electron chi connectivity index (χ3n) is 5.30. The van der Waals surface area contributed by atoms with Crippen LogP contribution in [0.2, 0.25) is 0 Å². The van der Waals surface area contributed by atoms with Crippen LogP contribution in [0.25, 0.3) is 11.0 Å². The Labute approximate surface area is 175 Å². The number of anilines is 1. The van der Waals surface area contributed by atoms with Gasteiger partial charge in [-0.05, 0) is 37.1 Å². The molecule has 156 valence electrons. The zero-order chi connectivity index (χ0) is 21.4. The number of halogens is 2. The molecule has 0 radical (unpaired) electrons. The number of hydrogen-bond donors (Lipinski definition) is 1. The number of carbonyl (C=O) groups is 2. The van der Waals surface area contributed by atoms with E-state index in [4.69, 9.17) is 0 Å². The maximum Gasteiger partial charge on any atom is 0.272 e. The number of imidazole rings is 1. The van der Waals surface area contributed by atoms with Crippen LogP contribution in [-0.4, -0.2) is 32.8 Å². The van der Waals surface area contributed by atoms with Crippen molar-refractivity contribution >= 4 is 40.1 Å². The molecule has 1 atom stereocenters. The molecule has 1 aliphatic heterocycles. The number of amides is 2. The van der Waals surface area contributed by atoms with Crippen LogP contribution in [-0.2, 0) is 11.8 Å². The first kappa shape index (κ1) is 20.2. The number of aryl methyl sites for hydroxylation is 1. The van der Waals surface area contributed by atoms with Crippen molar-refractivity contribution in [3.63, 3.8) is 0 Å². The lowest BCUT2D eigenvalue weighted by molar-refractivity contribution is -0.126. The predicted octanol–water partition coefficient (Wildman–Crippen LogP) is 4.67. The predicted molar refractivity (Wildman–Crippen MR) is 112 cm³/mol. The zero-order valence-corrected chi connectivity index (χ0v) is 17.1. The van der Waals surface area contributed by atoms with Crippen molar-refractivity contribution in [3.8, 4) is 0 Å². The molecule has 1 aliphatic rings. The van der Waals surface area contributed by atoms with Crippen molar-refractivity contribution in [1.82, 2.24) is 14.5 Å². The summed E-state index contributed by atoms with van der Waals surface area (Å²) in [4.78, 5) is 31.2. The third-order valence-corrected chi connectivity index (χ3v) is 6.39. The Kier molecular flexibility index (Phi) is 5.38. The van der Waals surface area contributed by atoms with Gasteiger partial charge in [0.25, 0.3) is 12.3 Å². The van der Waals surface area contributed by atoms with E-state index >= 15 is 0 Å². The first-order valence-electron chi connectivity index (χ1n) is 9.48. The quantitative estimate of drug-likeness (QED) is 0.598. The summed E-state index contributed by atoms with van der Waals surface area (Å²) in [6, 6.07) is 8.25. The van der Waals surface area contributed by atoms with E-state index in [-0.39, 0.29) is 21.7 Å². The molecule has 2 aromatic heterocycles. The van der Waals surface area contributed by atoms with Gasteiger partial charge in [-0.1, -0.05) is 18.7 Å². The van der Waals surface area contributed by atoms with Gasteiger partial charge in [-0.15, -0.1) is 11.3 Å². The highest BCUT2D eigenvalue weighted by Crippen LogP contribution is 2.36. The topological polar surface area (TPSA) is 67.2 Å². The van der Waals surface area contributed by atoms with Gasteiger partial charge in [-0.25, -0.2) is 13.8 Å². The summed E-state index contributed by atoms with van der Waals surface area (Å²) in [6.45, 7) is 4.24. The first-order chi connectivity index (χ1) is 14.4. The molecule has 1 N–H and O–H groups in total. The van der Waals surface area contributed by atoms with Crippen LogP contribution < -0.4 is 5.32 Å². The number of thiophene rings is 1. The number of hydrogen-bond acceptors (Lipinski definition) is 4.